The number of esters is 1. The average Bonchev–Trinajstić information content (AvgIpc) is 3.08. The minimum atomic E-state index is -0.735. The van der Waals surface area contributed by atoms with Crippen molar-refractivity contribution in [1.29, 1.82) is 0 Å². The molecule has 0 saturated carbocycles. The fraction of sp³-hybridized carbons (Fsp3) is 0.417. The lowest BCUT2D eigenvalue weighted by atomic mass is 10.1. The van der Waals surface area contributed by atoms with Crippen LogP contribution in [-0.4, -0.2) is 46.4 Å². The molecule has 3 aromatic rings. The fourth-order valence-electron chi connectivity index (χ4n) is 4.08. The molecule has 1 unspecified atom stereocenters. The Balaban J connectivity index is 1.85. The van der Waals surface area contributed by atoms with Crippen LogP contribution in [-0.2, 0) is 16.0 Å². The van der Waals surface area contributed by atoms with Crippen LogP contribution in [0.25, 0.3) is 10.8 Å². The molecule has 8 nitrogen and oxygen atoms in total. The highest BCUT2D eigenvalue weighted by atomic mass is 16.5. The minimum absolute atomic E-state index is 0.0284. The zero-order valence-electron chi connectivity index (χ0n) is 19.2. The van der Waals surface area contributed by atoms with Crippen LogP contribution in [0.4, 0.5) is 0 Å². The Morgan fingerprint density at radius 1 is 1.16 bits per heavy atom. The van der Waals surface area contributed by atoms with Gasteiger partial charge in [0, 0.05) is 36.0 Å². The number of ether oxygens (including phenoxy) is 2. The molecule has 170 valence electrons. The number of carbonyl (C=O) groups excluding carboxylic acids is 2. The Labute approximate surface area is 186 Å². The number of hydrogen-bond acceptors (Lipinski definition) is 6. The zero-order chi connectivity index (χ0) is 23.4. The van der Waals surface area contributed by atoms with Gasteiger partial charge >= 0.3 is 5.97 Å². The quantitative estimate of drug-likeness (QED) is 0.374. The molecule has 32 heavy (non-hydrogen) atoms. The fourth-order valence-corrected chi connectivity index (χ4v) is 4.08. The lowest BCUT2D eigenvalue weighted by Gasteiger charge is -2.17. The molecule has 0 radical (unpaired) electrons. The highest BCUT2D eigenvalue weighted by Crippen LogP contribution is 2.21. The number of rotatable bonds is 9. The number of carbonyl (C=O) groups is 2. The molecule has 0 fully saturated rings. The zero-order valence-corrected chi connectivity index (χ0v) is 19.2. The van der Waals surface area contributed by atoms with E-state index in [1.807, 2.05) is 32.3 Å². The topological polar surface area (TPSA) is 92.4 Å². The van der Waals surface area contributed by atoms with Gasteiger partial charge in [-0.15, -0.1) is 0 Å². The van der Waals surface area contributed by atoms with Gasteiger partial charge in [-0.1, -0.05) is 25.1 Å². The maximum atomic E-state index is 12.8. The van der Waals surface area contributed by atoms with E-state index in [9.17, 15) is 14.4 Å². The molecule has 0 bridgehead atoms. The van der Waals surface area contributed by atoms with Crippen LogP contribution in [0.5, 0.6) is 0 Å². The van der Waals surface area contributed by atoms with Crippen molar-refractivity contribution >= 4 is 22.5 Å². The Morgan fingerprint density at radius 2 is 1.84 bits per heavy atom. The summed E-state index contributed by atoms with van der Waals surface area (Å²) in [5.74, 6) is -1.03. The van der Waals surface area contributed by atoms with Crippen molar-refractivity contribution in [3.05, 3.63) is 63.3 Å². The van der Waals surface area contributed by atoms with E-state index < -0.39 is 12.6 Å². The maximum Gasteiger partial charge on any atom is 0.359 e. The van der Waals surface area contributed by atoms with Crippen molar-refractivity contribution in [2.45, 2.75) is 46.7 Å². The van der Waals surface area contributed by atoms with Gasteiger partial charge in [0.2, 0.25) is 5.78 Å². The van der Waals surface area contributed by atoms with E-state index in [1.165, 1.54) is 4.68 Å². The molecule has 1 aromatic carbocycles. The number of benzene rings is 1. The van der Waals surface area contributed by atoms with Gasteiger partial charge in [0.1, 0.15) is 0 Å². The Bertz CT molecular complexity index is 1210. The van der Waals surface area contributed by atoms with Crippen molar-refractivity contribution < 1.29 is 19.1 Å². The molecule has 0 spiro atoms. The second kappa shape index (κ2) is 9.91. The van der Waals surface area contributed by atoms with Gasteiger partial charge < -0.3 is 14.0 Å². The van der Waals surface area contributed by atoms with Gasteiger partial charge in [0.15, 0.2) is 12.3 Å². The van der Waals surface area contributed by atoms with E-state index in [4.69, 9.17) is 9.47 Å². The third-order valence-corrected chi connectivity index (χ3v) is 5.46. The Morgan fingerprint density at radius 3 is 2.50 bits per heavy atom. The third kappa shape index (κ3) is 4.50. The number of aryl methyl sites for hydroxylation is 2. The highest BCUT2D eigenvalue weighted by Gasteiger charge is 2.22. The van der Waals surface area contributed by atoms with Crippen molar-refractivity contribution in [3.8, 4) is 0 Å². The standard InChI is InChI=1S/C24H29N3O5/c1-6-11-26-23(29)19-10-8-7-9-18(19)22(25-26)24(30)32-14-21(28)20-12-15(2)27(17(20)4)16(3)13-31-5/h7-10,12,16H,6,11,13-14H2,1-5H3. The lowest BCUT2D eigenvalue weighted by Crippen LogP contribution is -2.27. The summed E-state index contributed by atoms with van der Waals surface area (Å²) >= 11 is 0. The maximum absolute atomic E-state index is 12.8. The summed E-state index contributed by atoms with van der Waals surface area (Å²) in [6, 6.07) is 8.64. The summed E-state index contributed by atoms with van der Waals surface area (Å²) in [6.07, 6.45) is 0.690. The van der Waals surface area contributed by atoms with Crippen LogP contribution in [0.3, 0.4) is 0 Å². The third-order valence-electron chi connectivity index (χ3n) is 5.46. The molecule has 0 aliphatic heterocycles. The Kier molecular flexibility index (Phi) is 7.25. The second-order valence-corrected chi connectivity index (χ2v) is 7.88. The summed E-state index contributed by atoms with van der Waals surface area (Å²) in [5, 5.41) is 5.02. The molecule has 1 atom stereocenters. The largest absolute Gasteiger partial charge is 0.452 e. The first kappa shape index (κ1) is 23.4. The first-order valence-electron chi connectivity index (χ1n) is 10.7. The van der Waals surface area contributed by atoms with Crippen LogP contribution < -0.4 is 5.56 Å². The summed E-state index contributed by atoms with van der Waals surface area (Å²) in [6.45, 7) is 8.22. The average molecular weight is 440 g/mol. The predicted octanol–water partition coefficient (Wildman–Crippen LogP) is 3.47. The number of fused-ring (bicyclic) bond motifs is 1. The SMILES string of the molecule is CCCn1nc(C(=O)OCC(=O)c2cc(C)n(C(C)COC)c2C)c2ccccc2c1=O. The molecular weight excluding hydrogens is 410 g/mol. The lowest BCUT2D eigenvalue weighted by molar-refractivity contribution is 0.0468. The van der Waals surface area contributed by atoms with Gasteiger partial charge in [-0.25, -0.2) is 9.48 Å². The molecule has 3 rings (SSSR count). The second-order valence-electron chi connectivity index (χ2n) is 7.88. The highest BCUT2D eigenvalue weighted by molar-refractivity contribution is 6.04. The van der Waals surface area contributed by atoms with Gasteiger partial charge in [0.25, 0.3) is 5.56 Å². The van der Waals surface area contributed by atoms with E-state index in [1.54, 1.807) is 37.4 Å². The van der Waals surface area contributed by atoms with Gasteiger partial charge in [0.05, 0.1) is 18.0 Å². The van der Waals surface area contributed by atoms with Crippen molar-refractivity contribution in [2.75, 3.05) is 20.3 Å². The van der Waals surface area contributed by atoms with Crippen LogP contribution in [0.1, 0.15) is 58.5 Å². The van der Waals surface area contributed by atoms with Crippen molar-refractivity contribution in [2.24, 2.45) is 0 Å². The van der Waals surface area contributed by atoms with Crippen LogP contribution in [0.15, 0.2) is 35.1 Å². The van der Waals surface area contributed by atoms with Gasteiger partial charge in [-0.05, 0) is 39.3 Å². The smallest absolute Gasteiger partial charge is 0.359 e. The van der Waals surface area contributed by atoms with Crippen LogP contribution in [0.2, 0.25) is 0 Å². The summed E-state index contributed by atoms with van der Waals surface area (Å²) in [7, 11) is 1.64. The van der Waals surface area contributed by atoms with Crippen molar-refractivity contribution in [1.82, 2.24) is 14.3 Å². The molecular formula is C24H29N3O5. The summed E-state index contributed by atoms with van der Waals surface area (Å²) in [5.41, 5.74) is 2.01. The predicted molar refractivity (Wildman–Crippen MR) is 121 cm³/mol. The number of Topliss-reactive ketones (excluding diaryl/α,β-unsaturated/α-hetero) is 1. The molecule has 0 aliphatic rings. The van der Waals surface area contributed by atoms with E-state index in [0.717, 1.165) is 11.4 Å². The summed E-state index contributed by atoms with van der Waals surface area (Å²) in [4.78, 5) is 38.3. The molecule has 0 saturated heterocycles. The van der Waals surface area contributed by atoms with E-state index in [0.29, 0.717) is 35.9 Å². The van der Waals surface area contributed by atoms with E-state index in [2.05, 4.69) is 5.10 Å². The number of methoxy groups -OCH3 is 1. The van der Waals surface area contributed by atoms with Crippen LogP contribution >= 0.6 is 0 Å². The molecule has 0 N–H and O–H groups in total. The van der Waals surface area contributed by atoms with E-state index >= 15 is 0 Å². The van der Waals surface area contributed by atoms with Gasteiger partial charge in [-0.3, -0.25) is 9.59 Å². The molecule has 0 aliphatic carbocycles. The van der Waals surface area contributed by atoms with Crippen molar-refractivity contribution in [3.63, 3.8) is 0 Å². The number of ketones is 1. The molecule has 0 amide bonds. The van der Waals surface area contributed by atoms with Crippen LogP contribution in [0, 0.1) is 13.8 Å². The molecule has 8 heteroatoms. The molecule has 2 aromatic heterocycles. The molecule has 2 heterocycles. The number of aromatic nitrogens is 3. The number of hydrogen-bond donors (Lipinski definition) is 0. The van der Waals surface area contributed by atoms with E-state index in [-0.39, 0.29) is 23.1 Å². The Hall–Kier alpha value is -3.26. The van der Waals surface area contributed by atoms with Gasteiger partial charge in [-0.2, -0.15) is 5.10 Å². The normalized spacial score (nSPS) is 12.2. The number of nitrogens with zero attached hydrogens (tertiary/aromatic N) is 3. The summed E-state index contributed by atoms with van der Waals surface area (Å²) < 4.78 is 13.9. The first-order valence-corrected chi connectivity index (χ1v) is 10.7. The first-order chi connectivity index (χ1) is 15.3. The monoisotopic (exact) mass is 439 g/mol. The minimum Gasteiger partial charge on any atom is -0.452 e.